The molecule has 9 heteroatoms. The van der Waals surface area contributed by atoms with Crippen LogP contribution in [0.15, 0.2) is 24.3 Å². The van der Waals surface area contributed by atoms with Crippen molar-refractivity contribution < 1.29 is 13.2 Å². The zero-order valence-electron chi connectivity index (χ0n) is 16.3. The minimum absolute atomic E-state index is 0.104. The molecule has 4 rings (SSSR count). The number of fused-ring (bicyclic) bond motifs is 1. The van der Waals surface area contributed by atoms with Crippen LogP contribution in [0.4, 0.5) is 13.2 Å². The highest BCUT2D eigenvalue weighted by Crippen LogP contribution is 2.46. The molecule has 5 nitrogen and oxygen atoms in total. The predicted molar refractivity (Wildman–Crippen MR) is 104 cm³/mol. The Balaban J connectivity index is 1.51. The SMILES string of the molecule is CC1(N2CCn3c(nnc3C(F)(F)F)C2)CCC(CN)(c2cccc(Cl)c2)CC1. The van der Waals surface area contributed by atoms with Crippen molar-refractivity contribution >= 4 is 11.6 Å². The van der Waals surface area contributed by atoms with E-state index in [2.05, 4.69) is 28.1 Å². The number of nitrogens with two attached hydrogens (primary N) is 1. The molecule has 0 spiro atoms. The van der Waals surface area contributed by atoms with Gasteiger partial charge in [-0.2, -0.15) is 13.2 Å². The molecule has 0 saturated heterocycles. The molecule has 0 unspecified atom stereocenters. The first-order valence-corrected chi connectivity index (χ1v) is 10.3. The maximum absolute atomic E-state index is 13.1. The van der Waals surface area contributed by atoms with Crippen LogP contribution in [0, 0.1) is 0 Å². The zero-order valence-corrected chi connectivity index (χ0v) is 17.1. The van der Waals surface area contributed by atoms with Crippen LogP contribution in [-0.4, -0.2) is 38.3 Å². The number of hydrogen-bond donors (Lipinski definition) is 1. The molecule has 0 atom stereocenters. The molecule has 1 aliphatic carbocycles. The van der Waals surface area contributed by atoms with Crippen molar-refractivity contribution in [2.75, 3.05) is 13.1 Å². The molecule has 1 aromatic carbocycles. The Bertz CT molecular complexity index is 886. The number of rotatable bonds is 3. The third-order valence-electron chi connectivity index (χ3n) is 6.88. The number of hydrogen-bond acceptors (Lipinski definition) is 4. The van der Waals surface area contributed by atoms with Gasteiger partial charge in [-0.3, -0.25) is 4.90 Å². The van der Waals surface area contributed by atoms with Gasteiger partial charge in [0.1, 0.15) is 5.82 Å². The Hall–Kier alpha value is -1.64. The molecule has 2 heterocycles. The molecule has 2 N–H and O–H groups in total. The summed E-state index contributed by atoms with van der Waals surface area (Å²) in [6.45, 7) is 3.93. The van der Waals surface area contributed by atoms with Gasteiger partial charge >= 0.3 is 6.18 Å². The van der Waals surface area contributed by atoms with Crippen LogP contribution in [0.1, 0.15) is 49.8 Å². The molecule has 158 valence electrons. The van der Waals surface area contributed by atoms with Crippen LogP contribution in [0.25, 0.3) is 0 Å². The lowest BCUT2D eigenvalue weighted by atomic mass is 9.64. The van der Waals surface area contributed by atoms with Crippen molar-refractivity contribution in [3.8, 4) is 0 Å². The lowest BCUT2D eigenvalue weighted by Gasteiger charge is -2.51. The summed E-state index contributed by atoms with van der Waals surface area (Å²) < 4.78 is 40.5. The first-order chi connectivity index (χ1) is 13.7. The Morgan fingerprint density at radius 1 is 1.14 bits per heavy atom. The summed E-state index contributed by atoms with van der Waals surface area (Å²) in [5, 5.41) is 7.91. The number of halogens is 4. The van der Waals surface area contributed by atoms with Gasteiger partial charge in [0.05, 0.1) is 6.54 Å². The van der Waals surface area contributed by atoms with E-state index in [1.807, 2.05) is 18.2 Å². The molecule has 2 aromatic rings. The summed E-state index contributed by atoms with van der Waals surface area (Å²) in [6.07, 6.45) is -0.817. The molecule has 1 aromatic heterocycles. The normalized spacial score (nSPS) is 28.3. The molecule has 0 bridgehead atoms. The summed E-state index contributed by atoms with van der Waals surface area (Å²) in [4.78, 5) is 2.26. The van der Waals surface area contributed by atoms with E-state index in [0.717, 1.165) is 25.7 Å². The fourth-order valence-corrected chi connectivity index (χ4v) is 5.03. The Morgan fingerprint density at radius 2 is 1.86 bits per heavy atom. The first-order valence-electron chi connectivity index (χ1n) is 9.87. The highest BCUT2D eigenvalue weighted by atomic mass is 35.5. The molecule has 0 radical (unpaired) electrons. The lowest BCUT2D eigenvalue weighted by Crippen LogP contribution is -2.54. The summed E-state index contributed by atoms with van der Waals surface area (Å²) in [5.74, 6) is -0.514. The van der Waals surface area contributed by atoms with Gasteiger partial charge in [0, 0.05) is 35.6 Å². The van der Waals surface area contributed by atoms with E-state index in [1.165, 1.54) is 10.1 Å². The van der Waals surface area contributed by atoms with Crippen LogP contribution >= 0.6 is 11.6 Å². The molecule has 1 aliphatic heterocycles. The summed E-state index contributed by atoms with van der Waals surface area (Å²) in [7, 11) is 0. The van der Waals surface area contributed by atoms with Gasteiger partial charge in [0.25, 0.3) is 0 Å². The van der Waals surface area contributed by atoms with Crippen LogP contribution in [0.5, 0.6) is 0 Å². The predicted octanol–water partition coefficient (Wildman–Crippen LogP) is 4.00. The standard InChI is InChI=1S/C20H25ClF3N5/c1-18(28-9-10-29-16(12-28)26-27-17(29)20(22,23)24)5-7-19(13-25,8-6-18)14-3-2-4-15(21)11-14/h2-4,11H,5-10,12-13,25H2,1H3. The highest BCUT2D eigenvalue weighted by molar-refractivity contribution is 6.30. The largest absolute Gasteiger partial charge is 0.451 e. The van der Waals surface area contributed by atoms with Crippen molar-refractivity contribution in [3.63, 3.8) is 0 Å². The van der Waals surface area contributed by atoms with Gasteiger partial charge in [0.15, 0.2) is 0 Å². The summed E-state index contributed by atoms with van der Waals surface area (Å²) in [5.41, 5.74) is 7.17. The lowest BCUT2D eigenvalue weighted by molar-refractivity contribution is -0.148. The minimum Gasteiger partial charge on any atom is -0.330 e. The second kappa shape index (κ2) is 7.25. The maximum atomic E-state index is 13.1. The van der Waals surface area contributed by atoms with Gasteiger partial charge in [-0.1, -0.05) is 23.7 Å². The number of nitrogens with zero attached hydrogens (tertiary/aromatic N) is 4. The molecular weight excluding hydrogens is 403 g/mol. The van der Waals surface area contributed by atoms with Crippen LogP contribution < -0.4 is 5.73 Å². The molecule has 1 saturated carbocycles. The number of alkyl halides is 3. The summed E-state index contributed by atoms with van der Waals surface area (Å²) >= 11 is 6.20. The third kappa shape index (κ3) is 3.66. The van der Waals surface area contributed by atoms with Gasteiger partial charge < -0.3 is 10.3 Å². The van der Waals surface area contributed by atoms with E-state index in [-0.39, 0.29) is 17.5 Å². The van der Waals surface area contributed by atoms with Crippen molar-refractivity contribution in [2.24, 2.45) is 5.73 Å². The van der Waals surface area contributed by atoms with Crippen LogP contribution in [0.2, 0.25) is 5.02 Å². The van der Waals surface area contributed by atoms with E-state index in [4.69, 9.17) is 17.3 Å². The van der Waals surface area contributed by atoms with Crippen molar-refractivity contribution in [1.82, 2.24) is 19.7 Å². The monoisotopic (exact) mass is 427 g/mol. The van der Waals surface area contributed by atoms with Gasteiger partial charge in [-0.05, 0) is 50.3 Å². The maximum Gasteiger partial charge on any atom is 0.451 e. The molecule has 29 heavy (non-hydrogen) atoms. The molecule has 1 fully saturated rings. The van der Waals surface area contributed by atoms with Gasteiger partial charge in [0.2, 0.25) is 5.82 Å². The van der Waals surface area contributed by atoms with Crippen LogP contribution in [0.3, 0.4) is 0 Å². The fourth-order valence-electron chi connectivity index (χ4n) is 4.84. The van der Waals surface area contributed by atoms with E-state index in [9.17, 15) is 13.2 Å². The van der Waals surface area contributed by atoms with Crippen molar-refractivity contribution in [1.29, 1.82) is 0 Å². The molecule has 0 amide bonds. The zero-order chi connectivity index (χ0) is 20.9. The smallest absolute Gasteiger partial charge is 0.330 e. The fraction of sp³-hybridized carbons (Fsp3) is 0.600. The second-order valence-corrected chi connectivity index (χ2v) is 8.94. The third-order valence-corrected chi connectivity index (χ3v) is 7.12. The van der Waals surface area contributed by atoms with E-state index >= 15 is 0 Å². The summed E-state index contributed by atoms with van der Waals surface area (Å²) in [6, 6.07) is 7.91. The average molecular weight is 428 g/mol. The topological polar surface area (TPSA) is 60.0 Å². The molecule has 2 aliphatic rings. The Labute approximate surface area is 173 Å². The Kier molecular flexibility index (Phi) is 5.16. The highest BCUT2D eigenvalue weighted by Gasteiger charge is 2.46. The first kappa shape index (κ1) is 20.6. The van der Waals surface area contributed by atoms with Crippen molar-refractivity contribution in [3.05, 3.63) is 46.5 Å². The van der Waals surface area contributed by atoms with E-state index < -0.39 is 12.0 Å². The molecular formula is C20H25ClF3N5. The van der Waals surface area contributed by atoms with Gasteiger partial charge in [-0.25, -0.2) is 0 Å². The quantitative estimate of drug-likeness (QED) is 0.804. The van der Waals surface area contributed by atoms with Crippen LogP contribution in [-0.2, 0) is 24.7 Å². The Morgan fingerprint density at radius 3 is 2.48 bits per heavy atom. The minimum atomic E-state index is -4.47. The van der Waals surface area contributed by atoms with E-state index in [1.54, 1.807) is 0 Å². The second-order valence-electron chi connectivity index (χ2n) is 8.50. The van der Waals surface area contributed by atoms with Crippen molar-refractivity contribution in [2.45, 2.75) is 62.8 Å². The van der Waals surface area contributed by atoms with E-state index in [0.29, 0.717) is 30.5 Å². The van der Waals surface area contributed by atoms with Gasteiger partial charge in [-0.15, -0.1) is 10.2 Å². The number of aromatic nitrogens is 3. The number of benzene rings is 1. The average Bonchev–Trinajstić information content (AvgIpc) is 3.13.